The molecule has 9 nitrogen and oxygen atoms in total. The number of nitrogens with zero attached hydrogens (tertiary/aromatic N) is 5. The first-order chi connectivity index (χ1) is 12.7. The average molecular weight is 384 g/mol. The molecule has 3 rings (SSSR count). The Morgan fingerprint density at radius 1 is 1.22 bits per heavy atom. The van der Waals surface area contributed by atoms with Gasteiger partial charge in [-0.05, 0) is 37.3 Å². The van der Waals surface area contributed by atoms with Gasteiger partial charge in [0, 0.05) is 31.0 Å². The average Bonchev–Trinajstić information content (AvgIpc) is 2.97. The molecule has 1 aromatic heterocycles. The number of benzene rings is 1. The molecule has 0 spiro atoms. The second-order valence-corrected chi connectivity index (χ2v) is 7.49. The van der Waals surface area contributed by atoms with Gasteiger partial charge in [-0.25, -0.2) is 4.31 Å². The number of carbonyl (C=O) groups is 1. The molecule has 10 heteroatoms. The number of hydrogen-bond acceptors (Lipinski definition) is 5. The van der Waals surface area contributed by atoms with E-state index in [-0.39, 0.29) is 11.4 Å². The summed E-state index contributed by atoms with van der Waals surface area (Å²) in [5.74, 6) is -0.611. The zero-order valence-electron chi connectivity index (χ0n) is 14.8. The summed E-state index contributed by atoms with van der Waals surface area (Å²) in [6.07, 6.45) is 2.91. The van der Waals surface area contributed by atoms with Crippen LogP contribution in [0, 0.1) is 18.3 Å². The van der Waals surface area contributed by atoms with Crippen molar-refractivity contribution in [1.29, 1.82) is 5.26 Å². The lowest BCUT2D eigenvalue weighted by Crippen LogP contribution is -2.35. The first kappa shape index (κ1) is 18.3. The van der Waals surface area contributed by atoms with Crippen LogP contribution in [-0.2, 0) is 22.1 Å². The molecule has 2 aromatic rings. The fourth-order valence-corrected chi connectivity index (χ4v) is 3.37. The van der Waals surface area contributed by atoms with Crippen molar-refractivity contribution < 1.29 is 13.2 Å². The Labute approximate surface area is 156 Å². The van der Waals surface area contributed by atoms with Gasteiger partial charge in [0.2, 0.25) is 0 Å². The lowest BCUT2D eigenvalue weighted by molar-refractivity contribution is -0.113. The van der Waals surface area contributed by atoms with Crippen LogP contribution < -0.4 is 5.32 Å². The van der Waals surface area contributed by atoms with Crippen molar-refractivity contribution in [1.82, 2.24) is 14.1 Å². The van der Waals surface area contributed by atoms with Gasteiger partial charge in [0.05, 0.1) is 23.5 Å². The number of hydrogen-bond donors (Lipinski definition) is 1. The number of anilines is 1. The second kappa shape index (κ2) is 6.69. The predicted molar refractivity (Wildman–Crippen MR) is 99.0 cm³/mol. The van der Waals surface area contributed by atoms with E-state index in [0.29, 0.717) is 16.8 Å². The Morgan fingerprint density at radius 3 is 2.44 bits per heavy atom. The summed E-state index contributed by atoms with van der Waals surface area (Å²) in [4.78, 5) is 12.7. The molecular formula is C17H16N6O3S. The number of aromatic nitrogens is 2. The van der Waals surface area contributed by atoms with E-state index in [9.17, 15) is 13.2 Å². The first-order valence-electron chi connectivity index (χ1n) is 7.84. The van der Waals surface area contributed by atoms with E-state index in [1.807, 2.05) is 6.07 Å². The minimum atomic E-state index is -4.05. The molecule has 138 valence electrons. The lowest BCUT2D eigenvalue weighted by Gasteiger charge is -2.23. The Hall–Kier alpha value is -3.45. The summed E-state index contributed by atoms with van der Waals surface area (Å²) in [6, 6.07) is 8.22. The third kappa shape index (κ3) is 3.45. The molecule has 0 radical (unpaired) electrons. The molecule has 0 saturated heterocycles. The van der Waals surface area contributed by atoms with Crippen LogP contribution >= 0.6 is 0 Å². The van der Waals surface area contributed by atoms with Crippen LogP contribution in [0.1, 0.15) is 16.8 Å². The monoisotopic (exact) mass is 384 g/mol. The Morgan fingerprint density at radius 2 is 1.89 bits per heavy atom. The molecule has 0 bridgehead atoms. The molecule has 2 heterocycles. The van der Waals surface area contributed by atoms with Crippen LogP contribution in [0.25, 0.3) is 0 Å². The fraction of sp³-hybridized carbons (Fsp3) is 0.176. The van der Waals surface area contributed by atoms with Crippen molar-refractivity contribution in [2.24, 2.45) is 11.4 Å². The minimum Gasteiger partial charge on any atom is -0.321 e. The number of amides is 1. The van der Waals surface area contributed by atoms with Crippen molar-refractivity contribution in [3.05, 3.63) is 59.1 Å². The van der Waals surface area contributed by atoms with E-state index in [1.165, 1.54) is 19.3 Å². The van der Waals surface area contributed by atoms with E-state index >= 15 is 0 Å². The highest BCUT2D eigenvalue weighted by Gasteiger charge is 2.31. The van der Waals surface area contributed by atoms with Gasteiger partial charge in [-0.15, -0.1) is 4.40 Å². The Kier molecular flexibility index (Phi) is 4.55. The first-order valence-corrected chi connectivity index (χ1v) is 9.23. The number of nitriles is 1. The SMILES string of the molecule is Cc1c(C2=NS(=O)(=O)N(C)C(C(=O)Nc3ccc(C#N)cc3)=C2)cnn1C. The summed E-state index contributed by atoms with van der Waals surface area (Å²) in [5.41, 5.74) is 2.20. The number of aryl methyl sites for hydroxylation is 1. The highest BCUT2D eigenvalue weighted by atomic mass is 32.2. The number of likely N-dealkylation sites (N-methyl/N-ethyl adjacent to an activating group) is 1. The third-order valence-corrected chi connectivity index (χ3v) is 5.50. The maximum atomic E-state index is 12.7. The van der Waals surface area contributed by atoms with Crippen LogP contribution in [0.4, 0.5) is 5.69 Å². The predicted octanol–water partition coefficient (Wildman–Crippen LogP) is 1.10. The van der Waals surface area contributed by atoms with Crippen LogP contribution in [0.2, 0.25) is 0 Å². The van der Waals surface area contributed by atoms with Gasteiger partial charge in [0.25, 0.3) is 5.91 Å². The molecule has 0 unspecified atom stereocenters. The van der Waals surface area contributed by atoms with Gasteiger partial charge in [-0.2, -0.15) is 18.8 Å². The molecular weight excluding hydrogens is 368 g/mol. The molecule has 1 aliphatic rings. The molecule has 0 saturated carbocycles. The smallest absolute Gasteiger partial charge is 0.321 e. The fourth-order valence-electron chi connectivity index (χ4n) is 2.47. The maximum absolute atomic E-state index is 12.7. The van der Waals surface area contributed by atoms with Gasteiger partial charge >= 0.3 is 10.2 Å². The van der Waals surface area contributed by atoms with Crippen LogP contribution in [0.5, 0.6) is 0 Å². The Bertz CT molecular complexity index is 1120. The van der Waals surface area contributed by atoms with E-state index < -0.39 is 16.1 Å². The molecule has 27 heavy (non-hydrogen) atoms. The van der Waals surface area contributed by atoms with Crippen molar-refractivity contribution in [2.45, 2.75) is 6.92 Å². The van der Waals surface area contributed by atoms with E-state index in [4.69, 9.17) is 5.26 Å². The molecule has 0 aliphatic carbocycles. The summed E-state index contributed by atoms with van der Waals surface area (Å²) >= 11 is 0. The van der Waals surface area contributed by atoms with Gasteiger partial charge < -0.3 is 5.32 Å². The van der Waals surface area contributed by atoms with Crippen molar-refractivity contribution >= 4 is 27.5 Å². The molecule has 0 fully saturated rings. The summed E-state index contributed by atoms with van der Waals surface area (Å²) in [7, 11) is -1.06. The maximum Gasteiger partial charge on any atom is 0.345 e. The van der Waals surface area contributed by atoms with Crippen LogP contribution in [0.3, 0.4) is 0 Å². The van der Waals surface area contributed by atoms with Crippen LogP contribution in [-0.4, -0.2) is 41.2 Å². The highest BCUT2D eigenvalue weighted by Crippen LogP contribution is 2.22. The van der Waals surface area contributed by atoms with E-state index in [2.05, 4.69) is 14.8 Å². The summed E-state index contributed by atoms with van der Waals surface area (Å²) < 4.78 is 31.0. The van der Waals surface area contributed by atoms with E-state index in [1.54, 1.807) is 42.9 Å². The lowest BCUT2D eigenvalue weighted by atomic mass is 10.1. The largest absolute Gasteiger partial charge is 0.345 e. The molecule has 1 N–H and O–H groups in total. The van der Waals surface area contributed by atoms with Gasteiger partial charge in [-0.3, -0.25) is 9.48 Å². The van der Waals surface area contributed by atoms with Crippen molar-refractivity contribution in [2.75, 3.05) is 12.4 Å². The van der Waals surface area contributed by atoms with Crippen molar-refractivity contribution in [3.63, 3.8) is 0 Å². The highest BCUT2D eigenvalue weighted by molar-refractivity contribution is 7.88. The number of rotatable bonds is 3. The minimum absolute atomic E-state index is 0.0763. The van der Waals surface area contributed by atoms with Gasteiger partial charge in [0.1, 0.15) is 5.70 Å². The zero-order chi connectivity index (χ0) is 19.8. The standard InChI is InChI=1S/C17H16N6O3S/c1-11-14(10-19-22(11)2)15-8-16(23(3)27(25,26)21-15)17(24)20-13-6-4-12(9-18)5-7-13/h4-8,10H,1-3H3,(H,20,24). The normalized spacial score (nSPS) is 15.6. The number of allylic oxidation sites excluding steroid dienone is 1. The van der Waals surface area contributed by atoms with Crippen LogP contribution in [0.15, 0.2) is 46.6 Å². The number of carbonyl (C=O) groups excluding carboxylic acids is 1. The third-order valence-electron chi connectivity index (χ3n) is 4.19. The van der Waals surface area contributed by atoms with Gasteiger partial charge in [-0.1, -0.05) is 0 Å². The summed E-state index contributed by atoms with van der Waals surface area (Å²) in [6.45, 7) is 1.78. The molecule has 1 aliphatic heterocycles. The topological polar surface area (TPSA) is 120 Å². The molecule has 0 atom stereocenters. The second-order valence-electron chi connectivity index (χ2n) is 5.86. The van der Waals surface area contributed by atoms with Crippen molar-refractivity contribution in [3.8, 4) is 6.07 Å². The molecule has 1 aromatic carbocycles. The number of nitrogens with one attached hydrogen (secondary N) is 1. The quantitative estimate of drug-likeness (QED) is 0.849. The molecule has 1 amide bonds. The van der Waals surface area contributed by atoms with E-state index in [0.717, 1.165) is 10.00 Å². The zero-order valence-corrected chi connectivity index (χ0v) is 15.6. The summed E-state index contributed by atoms with van der Waals surface area (Å²) in [5, 5.41) is 15.5. The van der Waals surface area contributed by atoms with Gasteiger partial charge in [0.15, 0.2) is 0 Å². The Balaban J connectivity index is 1.97.